The molecule has 0 aromatic carbocycles. The molecule has 0 rings (SSSR count). The summed E-state index contributed by atoms with van der Waals surface area (Å²) in [7, 11) is 0. The van der Waals surface area contributed by atoms with Crippen LogP contribution in [0.25, 0.3) is 0 Å². The highest BCUT2D eigenvalue weighted by molar-refractivity contribution is 5.65. The molecule has 0 aliphatic rings. The van der Waals surface area contributed by atoms with E-state index in [9.17, 15) is 9.59 Å². The maximum atomic E-state index is 10.6. The van der Waals surface area contributed by atoms with E-state index < -0.39 is 0 Å². The summed E-state index contributed by atoms with van der Waals surface area (Å²) < 4.78 is 4.79. The van der Waals surface area contributed by atoms with E-state index in [0.717, 1.165) is 38.4 Å². The van der Waals surface area contributed by atoms with Crippen LogP contribution in [0.2, 0.25) is 0 Å². The number of hydrogen-bond donors (Lipinski definition) is 0. The Morgan fingerprint density at radius 2 is 2.00 bits per heavy atom. The van der Waals surface area contributed by atoms with Crippen molar-refractivity contribution < 1.29 is 14.3 Å². The second kappa shape index (κ2) is 8.73. The van der Waals surface area contributed by atoms with Crippen LogP contribution in [-0.4, -0.2) is 18.9 Å². The Bertz CT molecular complexity index is 166. The fraction of sp³-hybridized carbons (Fsp3) is 0.818. The van der Waals surface area contributed by atoms with Gasteiger partial charge >= 0.3 is 5.97 Å². The summed E-state index contributed by atoms with van der Waals surface area (Å²) in [4.78, 5) is 21.1. The van der Waals surface area contributed by atoms with Crippen molar-refractivity contribution in [3.8, 4) is 0 Å². The summed E-state index contributed by atoms with van der Waals surface area (Å²) in [5, 5.41) is 0. The minimum absolute atomic E-state index is 0.144. The summed E-state index contributed by atoms with van der Waals surface area (Å²) in [5.74, 6) is -0.105. The van der Waals surface area contributed by atoms with Gasteiger partial charge in [-0.05, 0) is 19.3 Å². The lowest BCUT2D eigenvalue weighted by atomic mass is 9.99. The molecule has 82 valence electrons. The summed E-state index contributed by atoms with van der Waals surface area (Å²) in [5.41, 5.74) is 0. The molecule has 0 saturated heterocycles. The molecular weight excluding hydrogens is 180 g/mol. The number of aldehydes is 1. The van der Waals surface area contributed by atoms with Crippen molar-refractivity contribution in [2.24, 2.45) is 5.92 Å². The Morgan fingerprint density at radius 3 is 2.50 bits per heavy atom. The molecule has 0 bridgehead atoms. The molecule has 3 heteroatoms. The molecule has 14 heavy (non-hydrogen) atoms. The first-order valence-electron chi connectivity index (χ1n) is 5.29. The minimum atomic E-state index is -0.249. The zero-order chi connectivity index (χ0) is 10.8. The monoisotopic (exact) mass is 200 g/mol. The van der Waals surface area contributed by atoms with Crippen molar-refractivity contribution in [3.05, 3.63) is 0 Å². The molecule has 0 amide bonds. The molecule has 0 N–H and O–H groups in total. The molecule has 0 aromatic heterocycles. The third-order valence-corrected chi connectivity index (χ3v) is 2.15. The van der Waals surface area contributed by atoms with Gasteiger partial charge in [-0.3, -0.25) is 4.79 Å². The Labute approximate surface area is 85.8 Å². The summed E-state index contributed by atoms with van der Waals surface area (Å²) >= 11 is 0. The van der Waals surface area contributed by atoms with E-state index in [1.54, 1.807) is 0 Å². The van der Waals surface area contributed by atoms with Crippen LogP contribution in [0.4, 0.5) is 0 Å². The third kappa shape index (κ3) is 7.77. The quantitative estimate of drug-likeness (QED) is 0.343. The Kier molecular flexibility index (Phi) is 8.19. The van der Waals surface area contributed by atoms with Gasteiger partial charge in [0.25, 0.3) is 0 Å². The fourth-order valence-electron chi connectivity index (χ4n) is 1.31. The SMILES string of the molecule is CCCCC(C=O)CCCOC(C)=O. The van der Waals surface area contributed by atoms with Gasteiger partial charge < -0.3 is 9.53 Å². The van der Waals surface area contributed by atoms with Crippen LogP contribution in [0, 0.1) is 5.92 Å². The Morgan fingerprint density at radius 1 is 1.36 bits per heavy atom. The second-order valence-electron chi connectivity index (χ2n) is 3.52. The van der Waals surface area contributed by atoms with Crippen molar-refractivity contribution in [1.82, 2.24) is 0 Å². The zero-order valence-electron chi connectivity index (χ0n) is 9.12. The highest BCUT2D eigenvalue weighted by Gasteiger charge is 2.06. The average molecular weight is 200 g/mol. The molecule has 0 spiro atoms. The number of rotatable bonds is 8. The van der Waals surface area contributed by atoms with Crippen molar-refractivity contribution in [2.45, 2.75) is 46.0 Å². The van der Waals surface area contributed by atoms with E-state index in [0.29, 0.717) is 6.61 Å². The van der Waals surface area contributed by atoms with E-state index in [1.165, 1.54) is 6.92 Å². The lowest BCUT2D eigenvalue weighted by molar-refractivity contribution is -0.141. The van der Waals surface area contributed by atoms with Gasteiger partial charge in [0.1, 0.15) is 6.29 Å². The highest BCUT2D eigenvalue weighted by Crippen LogP contribution is 2.12. The van der Waals surface area contributed by atoms with Crippen molar-refractivity contribution in [2.75, 3.05) is 6.61 Å². The standard InChI is InChI=1S/C11H20O3/c1-3-4-6-11(9-12)7-5-8-14-10(2)13/h9,11H,3-8H2,1-2H3. The first-order valence-corrected chi connectivity index (χ1v) is 5.29. The van der Waals surface area contributed by atoms with E-state index in [1.807, 2.05) is 0 Å². The number of unbranched alkanes of at least 4 members (excludes halogenated alkanes) is 1. The molecule has 0 radical (unpaired) electrons. The van der Waals surface area contributed by atoms with Crippen LogP contribution in [-0.2, 0) is 14.3 Å². The zero-order valence-corrected chi connectivity index (χ0v) is 9.12. The van der Waals surface area contributed by atoms with Gasteiger partial charge in [0.2, 0.25) is 0 Å². The number of esters is 1. The van der Waals surface area contributed by atoms with Crippen LogP contribution in [0.1, 0.15) is 46.0 Å². The largest absolute Gasteiger partial charge is 0.466 e. The van der Waals surface area contributed by atoms with Crippen LogP contribution in [0.5, 0.6) is 0 Å². The van der Waals surface area contributed by atoms with Gasteiger partial charge in [0, 0.05) is 12.8 Å². The molecule has 0 aromatic rings. The van der Waals surface area contributed by atoms with E-state index in [2.05, 4.69) is 6.92 Å². The molecule has 0 saturated carbocycles. The maximum absolute atomic E-state index is 10.6. The van der Waals surface area contributed by atoms with Crippen LogP contribution < -0.4 is 0 Å². The van der Waals surface area contributed by atoms with Crippen molar-refractivity contribution in [1.29, 1.82) is 0 Å². The number of ether oxygens (including phenoxy) is 1. The number of carbonyl (C=O) groups is 2. The predicted octanol–water partition coefficient (Wildman–Crippen LogP) is 2.33. The van der Waals surface area contributed by atoms with Crippen molar-refractivity contribution in [3.63, 3.8) is 0 Å². The van der Waals surface area contributed by atoms with E-state index >= 15 is 0 Å². The summed E-state index contributed by atoms with van der Waals surface area (Å²) in [6.45, 7) is 3.95. The smallest absolute Gasteiger partial charge is 0.302 e. The van der Waals surface area contributed by atoms with Gasteiger partial charge in [-0.1, -0.05) is 19.8 Å². The first kappa shape index (κ1) is 13.1. The molecule has 1 atom stereocenters. The van der Waals surface area contributed by atoms with Crippen LogP contribution >= 0.6 is 0 Å². The van der Waals surface area contributed by atoms with E-state index in [-0.39, 0.29) is 11.9 Å². The molecule has 1 unspecified atom stereocenters. The molecule has 0 heterocycles. The minimum Gasteiger partial charge on any atom is -0.466 e. The molecular formula is C11H20O3. The number of hydrogen-bond acceptors (Lipinski definition) is 3. The van der Waals surface area contributed by atoms with Gasteiger partial charge in [-0.15, -0.1) is 0 Å². The second-order valence-corrected chi connectivity index (χ2v) is 3.52. The molecule has 0 fully saturated rings. The fourth-order valence-corrected chi connectivity index (χ4v) is 1.31. The first-order chi connectivity index (χ1) is 6.70. The van der Waals surface area contributed by atoms with Gasteiger partial charge in [-0.2, -0.15) is 0 Å². The summed E-state index contributed by atoms with van der Waals surface area (Å²) in [6, 6.07) is 0. The Hall–Kier alpha value is -0.860. The van der Waals surface area contributed by atoms with Gasteiger partial charge in [-0.25, -0.2) is 0 Å². The normalized spacial score (nSPS) is 12.1. The predicted molar refractivity (Wildman–Crippen MR) is 54.9 cm³/mol. The molecule has 0 aliphatic heterocycles. The Balaban J connectivity index is 3.42. The lowest BCUT2D eigenvalue weighted by Crippen LogP contribution is -2.06. The number of carbonyl (C=O) groups excluding carboxylic acids is 2. The van der Waals surface area contributed by atoms with Crippen LogP contribution in [0.3, 0.4) is 0 Å². The molecule has 3 nitrogen and oxygen atoms in total. The topological polar surface area (TPSA) is 43.4 Å². The van der Waals surface area contributed by atoms with Gasteiger partial charge in [0.15, 0.2) is 0 Å². The van der Waals surface area contributed by atoms with E-state index in [4.69, 9.17) is 4.74 Å². The van der Waals surface area contributed by atoms with Crippen molar-refractivity contribution >= 4 is 12.3 Å². The van der Waals surface area contributed by atoms with Gasteiger partial charge in [0.05, 0.1) is 6.61 Å². The highest BCUT2D eigenvalue weighted by atomic mass is 16.5. The maximum Gasteiger partial charge on any atom is 0.302 e. The third-order valence-electron chi connectivity index (χ3n) is 2.15. The molecule has 0 aliphatic carbocycles. The average Bonchev–Trinajstić information content (AvgIpc) is 2.16. The summed E-state index contributed by atoms with van der Waals surface area (Å²) in [6.07, 6.45) is 5.80. The lowest BCUT2D eigenvalue weighted by Gasteiger charge is -2.08. The van der Waals surface area contributed by atoms with Crippen LogP contribution in [0.15, 0.2) is 0 Å².